The molecule has 0 aliphatic rings. The minimum atomic E-state index is -0.0156. The van der Waals surface area contributed by atoms with Gasteiger partial charge in [0, 0.05) is 5.71 Å². The third kappa shape index (κ3) is 31.6. The summed E-state index contributed by atoms with van der Waals surface area (Å²) in [5.74, 6) is 0. The van der Waals surface area contributed by atoms with Crippen molar-refractivity contribution in [3.63, 3.8) is 0 Å². The van der Waals surface area contributed by atoms with E-state index in [9.17, 15) is 0 Å². The maximum absolute atomic E-state index is 5.62. The molecule has 0 saturated heterocycles. The standard InChI is InChI=1S/C11H22.C10H21N.C8H18O.CH4/c1-9(11(5,6)7)8-10(2,3)4;1-8(9(2,3)4)11-10(5,6)7;1-7(2,3)9-8(4,5)6;/h8H,1-7H3;1-7H3;1-6H3;1H4/b9-8-;;;. The molecule has 2 heteroatoms. The van der Waals surface area contributed by atoms with Crippen molar-refractivity contribution in [2.24, 2.45) is 21.2 Å². The van der Waals surface area contributed by atoms with Crippen LogP contribution in [0.3, 0.4) is 0 Å². The fourth-order valence-corrected chi connectivity index (χ4v) is 2.46. The Balaban J connectivity index is -0.000000182. The monoisotopic (exact) mass is 456 g/mol. The van der Waals surface area contributed by atoms with Gasteiger partial charge in [-0.2, -0.15) is 0 Å². The average Bonchev–Trinajstić information content (AvgIpc) is 2.28. The Bertz CT molecular complexity index is 499. The first-order valence-electron chi connectivity index (χ1n) is 11.9. The zero-order valence-electron chi connectivity index (χ0n) is 25.4. The van der Waals surface area contributed by atoms with Crippen LogP contribution in [0.25, 0.3) is 0 Å². The molecule has 0 aliphatic heterocycles. The second kappa shape index (κ2) is 13.3. The van der Waals surface area contributed by atoms with E-state index in [0.717, 1.165) is 0 Å². The van der Waals surface area contributed by atoms with Gasteiger partial charge >= 0.3 is 0 Å². The maximum atomic E-state index is 5.62. The largest absolute Gasteiger partial charge is 0.370 e. The highest BCUT2D eigenvalue weighted by Crippen LogP contribution is 2.29. The molecule has 0 amide bonds. The molecule has 0 radical (unpaired) electrons. The number of nitrogens with zero attached hydrogens (tertiary/aromatic N) is 1. The molecule has 0 N–H and O–H groups in total. The van der Waals surface area contributed by atoms with Crippen LogP contribution in [0.15, 0.2) is 16.6 Å². The number of rotatable bonds is 0. The molecular weight excluding hydrogens is 390 g/mol. The predicted molar refractivity (Wildman–Crippen MR) is 152 cm³/mol. The van der Waals surface area contributed by atoms with Crippen LogP contribution in [-0.2, 0) is 4.74 Å². The third-order valence-corrected chi connectivity index (χ3v) is 4.03. The lowest BCUT2D eigenvalue weighted by Gasteiger charge is -2.30. The maximum Gasteiger partial charge on any atom is 0.0605 e. The SMILES string of the molecule is C.C/C(=C/C(C)(C)C)C(C)(C)C.CC(=NC(C)(C)C)C(C)(C)C.CC(C)(C)OC(C)(C)C. The smallest absolute Gasteiger partial charge is 0.0605 e. The summed E-state index contributed by atoms with van der Waals surface area (Å²) in [6, 6.07) is 0. The minimum Gasteiger partial charge on any atom is -0.370 e. The summed E-state index contributed by atoms with van der Waals surface area (Å²) in [6.07, 6.45) is 2.35. The Morgan fingerprint density at radius 2 is 0.875 bits per heavy atom. The van der Waals surface area contributed by atoms with Crippen LogP contribution in [0.5, 0.6) is 0 Å². The summed E-state index contributed by atoms with van der Waals surface area (Å²) >= 11 is 0. The lowest BCUT2D eigenvalue weighted by molar-refractivity contribution is -0.102. The van der Waals surface area contributed by atoms with Crippen molar-refractivity contribution < 1.29 is 4.74 Å². The normalized spacial score (nSPS) is 14.5. The number of aliphatic imine (C=N–C) groups is 1. The molecule has 0 bridgehead atoms. The van der Waals surface area contributed by atoms with Crippen molar-refractivity contribution >= 4 is 5.71 Å². The molecule has 0 atom stereocenters. The van der Waals surface area contributed by atoms with Gasteiger partial charge < -0.3 is 4.74 Å². The second-order valence-electron chi connectivity index (χ2n) is 14.9. The molecule has 0 unspecified atom stereocenters. The molecule has 0 aromatic heterocycles. The quantitative estimate of drug-likeness (QED) is 0.263. The highest BCUT2D eigenvalue weighted by atomic mass is 16.5. The highest BCUT2D eigenvalue weighted by molar-refractivity contribution is 5.87. The van der Waals surface area contributed by atoms with Crippen molar-refractivity contribution in [1.82, 2.24) is 0 Å². The molecule has 0 spiro atoms. The molecule has 0 rings (SSSR count). The molecule has 196 valence electrons. The van der Waals surface area contributed by atoms with Gasteiger partial charge in [0.1, 0.15) is 0 Å². The van der Waals surface area contributed by atoms with Gasteiger partial charge in [-0.05, 0) is 92.4 Å². The van der Waals surface area contributed by atoms with Gasteiger partial charge in [0.25, 0.3) is 0 Å². The summed E-state index contributed by atoms with van der Waals surface area (Å²) < 4.78 is 5.62. The first kappa shape index (κ1) is 38.6. The molecule has 0 aliphatic carbocycles. The Kier molecular flexibility index (Phi) is 16.1. The van der Waals surface area contributed by atoms with Crippen LogP contribution in [0.1, 0.15) is 146 Å². The summed E-state index contributed by atoms with van der Waals surface area (Å²) in [5, 5.41) is 0. The van der Waals surface area contributed by atoms with Crippen LogP contribution < -0.4 is 0 Å². The van der Waals surface area contributed by atoms with Crippen molar-refractivity contribution in [2.45, 2.75) is 163 Å². The fraction of sp³-hybridized carbons (Fsp3) is 0.900. The lowest BCUT2D eigenvalue weighted by atomic mass is 9.82. The van der Waals surface area contributed by atoms with Crippen LogP contribution in [-0.4, -0.2) is 22.5 Å². The Hall–Kier alpha value is -0.630. The molecule has 2 nitrogen and oxygen atoms in total. The molecule has 0 fully saturated rings. The third-order valence-electron chi connectivity index (χ3n) is 4.03. The van der Waals surface area contributed by atoms with E-state index < -0.39 is 0 Å². The number of allylic oxidation sites excluding steroid dienone is 2. The van der Waals surface area contributed by atoms with Gasteiger partial charge in [-0.3, -0.25) is 4.99 Å². The highest BCUT2D eigenvalue weighted by Gasteiger charge is 2.20. The summed E-state index contributed by atoms with van der Waals surface area (Å²) in [7, 11) is 0. The van der Waals surface area contributed by atoms with Crippen molar-refractivity contribution in [1.29, 1.82) is 0 Å². The van der Waals surface area contributed by atoms with E-state index >= 15 is 0 Å². The zero-order chi connectivity index (χ0) is 26.3. The second-order valence-corrected chi connectivity index (χ2v) is 14.9. The van der Waals surface area contributed by atoms with Crippen LogP contribution in [0.2, 0.25) is 0 Å². The predicted octanol–water partition coefficient (Wildman–Crippen LogP) is 10.6. The van der Waals surface area contributed by atoms with Crippen molar-refractivity contribution in [3.8, 4) is 0 Å². The summed E-state index contributed by atoms with van der Waals surface area (Å²) in [4.78, 5) is 4.60. The van der Waals surface area contributed by atoms with Crippen molar-refractivity contribution in [2.75, 3.05) is 0 Å². The van der Waals surface area contributed by atoms with E-state index in [1.165, 1.54) is 11.3 Å². The lowest BCUT2D eigenvalue weighted by Crippen LogP contribution is -2.31. The van der Waals surface area contributed by atoms with Gasteiger partial charge in [0.05, 0.1) is 16.7 Å². The van der Waals surface area contributed by atoms with Crippen LogP contribution in [0, 0.1) is 16.2 Å². The summed E-state index contributed by atoms with van der Waals surface area (Å²) in [6.45, 7) is 43.2. The van der Waals surface area contributed by atoms with Gasteiger partial charge in [-0.25, -0.2) is 0 Å². The number of ether oxygens (including phenoxy) is 1. The Morgan fingerprint density at radius 1 is 0.562 bits per heavy atom. The zero-order valence-corrected chi connectivity index (χ0v) is 25.4. The number of hydrogen-bond acceptors (Lipinski definition) is 2. The van der Waals surface area contributed by atoms with E-state index in [0.29, 0.717) is 10.8 Å². The molecule has 32 heavy (non-hydrogen) atoms. The van der Waals surface area contributed by atoms with Gasteiger partial charge in [-0.15, -0.1) is 0 Å². The van der Waals surface area contributed by atoms with Crippen LogP contribution >= 0.6 is 0 Å². The fourth-order valence-electron chi connectivity index (χ4n) is 2.46. The van der Waals surface area contributed by atoms with E-state index in [2.05, 4.69) is 150 Å². The van der Waals surface area contributed by atoms with E-state index in [4.69, 9.17) is 4.74 Å². The average molecular weight is 456 g/mol. The molecule has 0 heterocycles. The first-order chi connectivity index (χ1) is 13.0. The number of hydrogen-bond donors (Lipinski definition) is 0. The topological polar surface area (TPSA) is 21.6 Å². The van der Waals surface area contributed by atoms with Gasteiger partial charge in [0.15, 0.2) is 0 Å². The molecule has 0 aromatic carbocycles. The minimum absolute atomic E-state index is 0. The van der Waals surface area contributed by atoms with E-state index in [1.54, 1.807) is 0 Å². The van der Waals surface area contributed by atoms with Gasteiger partial charge in [-0.1, -0.05) is 81.4 Å². The van der Waals surface area contributed by atoms with E-state index in [-0.39, 0.29) is 29.6 Å². The van der Waals surface area contributed by atoms with Crippen LogP contribution in [0.4, 0.5) is 0 Å². The summed E-state index contributed by atoms with van der Waals surface area (Å²) in [5.41, 5.74) is 3.60. The Labute approximate surface area is 206 Å². The molecule has 0 saturated carbocycles. The first-order valence-corrected chi connectivity index (χ1v) is 11.9. The molecular formula is C30H65NO. The van der Waals surface area contributed by atoms with E-state index in [1.807, 2.05) is 0 Å². The Morgan fingerprint density at radius 3 is 0.938 bits per heavy atom. The molecule has 0 aromatic rings. The van der Waals surface area contributed by atoms with Gasteiger partial charge in [0.2, 0.25) is 0 Å². The van der Waals surface area contributed by atoms with Crippen molar-refractivity contribution in [3.05, 3.63) is 11.6 Å².